The molecular formula is C10H14N4O3. The third kappa shape index (κ3) is 4.37. The monoisotopic (exact) mass is 238 g/mol. The van der Waals surface area contributed by atoms with Crippen LogP contribution in [-0.2, 0) is 0 Å². The molecule has 0 spiro atoms. The van der Waals surface area contributed by atoms with Crippen LogP contribution in [-0.4, -0.2) is 35.2 Å². The maximum absolute atomic E-state index is 10.8. The number of carbonyl (C=O) groups excluding carboxylic acids is 1. The van der Waals surface area contributed by atoms with Crippen molar-refractivity contribution in [1.82, 2.24) is 10.3 Å². The molecule has 1 aromatic rings. The molecule has 1 heterocycles. The predicted molar refractivity (Wildman–Crippen MR) is 62.0 cm³/mol. The Hall–Kier alpha value is -2.31. The third-order valence-corrected chi connectivity index (χ3v) is 1.93. The summed E-state index contributed by atoms with van der Waals surface area (Å²) in [6, 6.07) is 2.31. The van der Waals surface area contributed by atoms with Gasteiger partial charge in [-0.2, -0.15) is 0 Å². The number of aryl methyl sites for hydroxylation is 1. The van der Waals surface area contributed by atoms with E-state index in [1.54, 1.807) is 6.92 Å². The van der Waals surface area contributed by atoms with Gasteiger partial charge in [-0.1, -0.05) is 0 Å². The quantitative estimate of drug-likeness (QED) is 0.545. The lowest BCUT2D eigenvalue weighted by Crippen LogP contribution is -2.33. The van der Waals surface area contributed by atoms with Crippen LogP contribution < -0.4 is 16.4 Å². The lowest BCUT2D eigenvalue weighted by atomic mass is 10.2. The van der Waals surface area contributed by atoms with Crippen LogP contribution in [0.3, 0.4) is 0 Å². The molecule has 5 N–H and O–H groups in total. The number of nitrogens with two attached hydrogens (primary N) is 1. The fourth-order valence-corrected chi connectivity index (χ4v) is 1.26. The summed E-state index contributed by atoms with van der Waals surface area (Å²) < 4.78 is 0. The number of amides is 2. The van der Waals surface area contributed by atoms with Gasteiger partial charge >= 0.3 is 12.0 Å². The molecule has 1 aromatic heterocycles. The standard InChI is InChI=1S/C10H14N4O3/c1-6-4-7(9(15)16)5-8(14-6)12-2-3-13-10(11)17/h4-5H,2-3H2,1H3,(H,12,14)(H,15,16)(H3,11,13,17). The number of aromatic carboxylic acids is 1. The Morgan fingerprint density at radius 2 is 2.12 bits per heavy atom. The minimum absolute atomic E-state index is 0.169. The number of primary amides is 1. The molecule has 17 heavy (non-hydrogen) atoms. The SMILES string of the molecule is Cc1cc(C(=O)O)cc(NCCNC(N)=O)n1. The van der Waals surface area contributed by atoms with E-state index in [2.05, 4.69) is 15.6 Å². The molecule has 0 aliphatic rings. The van der Waals surface area contributed by atoms with Crippen molar-refractivity contribution in [3.63, 3.8) is 0 Å². The van der Waals surface area contributed by atoms with E-state index < -0.39 is 12.0 Å². The molecule has 0 fully saturated rings. The van der Waals surface area contributed by atoms with E-state index in [0.29, 0.717) is 24.6 Å². The van der Waals surface area contributed by atoms with E-state index in [1.165, 1.54) is 12.1 Å². The first kappa shape index (κ1) is 12.8. The van der Waals surface area contributed by atoms with Crippen molar-refractivity contribution < 1.29 is 14.7 Å². The van der Waals surface area contributed by atoms with Gasteiger partial charge in [0.2, 0.25) is 0 Å². The zero-order chi connectivity index (χ0) is 12.8. The second kappa shape index (κ2) is 5.69. The Morgan fingerprint density at radius 1 is 1.41 bits per heavy atom. The van der Waals surface area contributed by atoms with Gasteiger partial charge in [-0.15, -0.1) is 0 Å². The van der Waals surface area contributed by atoms with Gasteiger partial charge < -0.3 is 21.5 Å². The first-order valence-electron chi connectivity index (χ1n) is 4.98. The van der Waals surface area contributed by atoms with E-state index in [-0.39, 0.29) is 5.56 Å². The molecule has 0 aliphatic heterocycles. The van der Waals surface area contributed by atoms with E-state index in [9.17, 15) is 9.59 Å². The molecule has 0 radical (unpaired) electrons. The number of carboxylic acid groups (broad SMARTS) is 1. The highest BCUT2D eigenvalue weighted by atomic mass is 16.4. The van der Waals surface area contributed by atoms with Crippen molar-refractivity contribution in [3.8, 4) is 0 Å². The average Bonchev–Trinajstić information content (AvgIpc) is 2.23. The number of hydrogen-bond acceptors (Lipinski definition) is 4. The maximum atomic E-state index is 10.8. The van der Waals surface area contributed by atoms with Gasteiger partial charge in [-0.05, 0) is 19.1 Å². The molecule has 92 valence electrons. The molecule has 0 unspecified atom stereocenters. The molecule has 0 aliphatic carbocycles. The van der Waals surface area contributed by atoms with Crippen molar-refractivity contribution in [2.24, 2.45) is 5.73 Å². The highest BCUT2D eigenvalue weighted by molar-refractivity contribution is 5.88. The predicted octanol–water partition coefficient (Wildman–Crippen LogP) is 0.168. The number of urea groups is 1. The van der Waals surface area contributed by atoms with Crippen molar-refractivity contribution in [3.05, 3.63) is 23.4 Å². The van der Waals surface area contributed by atoms with Gasteiger partial charge in [0.1, 0.15) is 5.82 Å². The van der Waals surface area contributed by atoms with Crippen LogP contribution in [0.1, 0.15) is 16.1 Å². The van der Waals surface area contributed by atoms with E-state index in [1.807, 2.05) is 0 Å². The number of carbonyl (C=O) groups is 2. The van der Waals surface area contributed by atoms with Crippen LogP contribution in [0.15, 0.2) is 12.1 Å². The van der Waals surface area contributed by atoms with Crippen LogP contribution in [0.4, 0.5) is 10.6 Å². The van der Waals surface area contributed by atoms with Crippen LogP contribution in [0.25, 0.3) is 0 Å². The van der Waals surface area contributed by atoms with Crippen LogP contribution >= 0.6 is 0 Å². The van der Waals surface area contributed by atoms with Crippen molar-refractivity contribution in [1.29, 1.82) is 0 Å². The third-order valence-electron chi connectivity index (χ3n) is 1.93. The minimum atomic E-state index is -1.01. The normalized spacial score (nSPS) is 9.71. The molecule has 1 rings (SSSR count). The van der Waals surface area contributed by atoms with Gasteiger partial charge in [0.05, 0.1) is 5.56 Å². The zero-order valence-corrected chi connectivity index (χ0v) is 9.36. The summed E-state index contributed by atoms with van der Waals surface area (Å²) in [4.78, 5) is 25.3. The van der Waals surface area contributed by atoms with Gasteiger partial charge in [-0.3, -0.25) is 0 Å². The number of rotatable bonds is 5. The number of nitrogens with zero attached hydrogens (tertiary/aromatic N) is 1. The largest absolute Gasteiger partial charge is 0.478 e. The summed E-state index contributed by atoms with van der Waals surface area (Å²) in [6.45, 7) is 2.46. The first-order valence-corrected chi connectivity index (χ1v) is 4.98. The van der Waals surface area contributed by atoms with Gasteiger partial charge in [0, 0.05) is 18.8 Å². The molecule has 7 nitrogen and oxygen atoms in total. The number of nitrogens with one attached hydrogen (secondary N) is 2. The highest BCUT2D eigenvalue weighted by Gasteiger charge is 2.06. The summed E-state index contributed by atoms with van der Waals surface area (Å²) >= 11 is 0. The molecule has 0 bridgehead atoms. The first-order chi connectivity index (χ1) is 7.99. The van der Waals surface area contributed by atoms with Crippen molar-refractivity contribution in [2.75, 3.05) is 18.4 Å². The summed E-state index contributed by atoms with van der Waals surface area (Å²) in [5.41, 5.74) is 5.66. The Morgan fingerprint density at radius 3 is 2.71 bits per heavy atom. The molecule has 0 saturated carbocycles. The van der Waals surface area contributed by atoms with Crippen molar-refractivity contribution in [2.45, 2.75) is 6.92 Å². The van der Waals surface area contributed by atoms with Crippen LogP contribution in [0.5, 0.6) is 0 Å². The van der Waals surface area contributed by atoms with Gasteiger partial charge in [0.15, 0.2) is 0 Å². The van der Waals surface area contributed by atoms with Crippen LogP contribution in [0.2, 0.25) is 0 Å². The fourth-order valence-electron chi connectivity index (χ4n) is 1.26. The Labute approximate surface area is 98.0 Å². The van der Waals surface area contributed by atoms with Gasteiger partial charge in [0.25, 0.3) is 0 Å². The van der Waals surface area contributed by atoms with Gasteiger partial charge in [-0.25, -0.2) is 14.6 Å². The topological polar surface area (TPSA) is 117 Å². The van der Waals surface area contributed by atoms with E-state index in [0.717, 1.165) is 0 Å². The second-order valence-electron chi connectivity index (χ2n) is 3.41. The summed E-state index contributed by atoms with van der Waals surface area (Å²) in [5.74, 6) is -0.553. The number of aromatic nitrogens is 1. The highest BCUT2D eigenvalue weighted by Crippen LogP contribution is 2.09. The zero-order valence-electron chi connectivity index (χ0n) is 9.36. The Kier molecular flexibility index (Phi) is 4.27. The number of pyridine rings is 1. The summed E-state index contributed by atoms with van der Waals surface area (Å²) in [5, 5.41) is 14.1. The van der Waals surface area contributed by atoms with E-state index >= 15 is 0 Å². The number of hydrogen-bond donors (Lipinski definition) is 4. The van der Waals surface area contributed by atoms with Crippen LogP contribution in [0, 0.1) is 6.92 Å². The molecule has 0 atom stereocenters. The Balaban J connectivity index is 2.59. The molecule has 7 heteroatoms. The van der Waals surface area contributed by atoms with Crippen molar-refractivity contribution >= 4 is 17.8 Å². The molecular weight excluding hydrogens is 224 g/mol. The molecule has 0 aromatic carbocycles. The fraction of sp³-hybridized carbons (Fsp3) is 0.300. The lowest BCUT2D eigenvalue weighted by Gasteiger charge is -2.07. The van der Waals surface area contributed by atoms with E-state index in [4.69, 9.17) is 10.8 Å². The maximum Gasteiger partial charge on any atom is 0.335 e. The lowest BCUT2D eigenvalue weighted by molar-refractivity contribution is 0.0696. The minimum Gasteiger partial charge on any atom is -0.478 e. The average molecular weight is 238 g/mol. The summed E-state index contributed by atoms with van der Waals surface area (Å²) in [7, 11) is 0. The Bertz CT molecular complexity index is 434. The molecule has 2 amide bonds. The number of anilines is 1. The molecule has 0 saturated heterocycles. The second-order valence-corrected chi connectivity index (χ2v) is 3.41. The smallest absolute Gasteiger partial charge is 0.335 e. The number of carboxylic acids is 1. The summed E-state index contributed by atoms with van der Waals surface area (Å²) in [6.07, 6.45) is 0.